The van der Waals surface area contributed by atoms with E-state index in [-0.39, 0.29) is 11.9 Å². The summed E-state index contributed by atoms with van der Waals surface area (Å²) in [5.41, 5.74) is 0.397. The first-order valence-electron chi connectivity index (χ1n) is 7.45. The number of hydrogen-bond donors (Lipinski definition) is 0. The first-order chi connectivity index (χ1) is 10.7. The van der Waals surface area contributed by atoms with Gasteiger partial charge < -0.3 is 9.64 Å². The fourth-order valence-corrected chi connectivity index (χ4v) is 2.98. The topological polar surface area (TPSA) is 59.5 Å². The van der Waals surface area contributed by atoms with E-state index in [1.165, 1.54) is 7.11 Å². The second-order valence-corrected chi connectivity index (χ2v) is 5.41. The van der Waals surface area contributed by atoms with Crippen molar-refractivity contribution in [2.45, 2.75) is 25.3 Å². The van der Waals surface area contributed by atoms with Crippen LogP contribution in [0.2, 0.25) is 0 Å². The van der Waals surface area contributed by atoms with E-state index in [9.17, 15) is 9.59 Å². The SMILES string of the molecule is COC(=O)[C@@H]1CCCCN1C(=O)c1nccc2ccccc12. The molecule has 1 aliphatic heterocycles. The highest BCUT2D eigenvalue weighted by Crippen LogP contribution is 2.23. The number of carbonyl (C=O) groups excluding carboxylic acids is 2. The maximum Gasteiger partial charge on any atom is 0.328 e. The Balaban J connectivity index is 1.99. The lowest BCUT2D eigenvalue weighted by Crippen LogP contribution is -2.48. The minimum Gasteiger partial charge on any atom is -0.467 e. The predicted molar refractivity (Wildman–Crippen MR) is 82.4 cm³/mol. The molecule has 0 bridgehead atoms. The molecule has 2 heterocycles. The number of fused-ring (bicyclic) bond motifs is 1. The first-order valence-corrected chi connectivity index (χ1v) is 7.45. The molecule has 0 spiro atoms. The molecule has 0 unspecified atom stereocenters. The van der Waals surface area contributed by atoms with Gasteiger partial charge in [0.1, 0.15) is 11.7 Å². The molecular formula is C17H18N2O3. The number of methoxy groups -OCH3 is 1. The van der Waals surface area contributed by atoms with Gasteiger partial charge in [-0.15, -0.1) is 0 Å². The van der Waals surface area contributed by atoms with Crippen LogP contribution in [-0.4, -0.2) is 41.5 Å². The van der Waals surface area contributed by atoms with Crippen LogP contribution in [0.4, 0.5) is 0 Å². The second kappa shape index (κ2) is 6.13. The fourth-order valence-electron chi connectivity index (χ4n) is 2.98. The molecule has 5 nitrogen and oxygen atoms in total. The number of benzene rings is 1. The van der Waals surface area contributed by atoms with Crippen molar-refractivity contribution in [3.8, 4) is 0 Å². The maximum absolute atomic E-state index is 12.9. The van der Waals surface area contributed by atoms with E-state index in [0.717, 1.165) is 23.6 Å². The van der Waals surface area contributed by atoms with E-state index in [1.54, 1.807) is 11.1 Å². The number of amides is 1. The molecule has 1 aromatic carbocycles. The number of aromatic nitrogens is 1. The predicted octanol–water partition coefficient (Wildman–Crippen LogP) is 2.40. The number of hydrogen-bond acceptors (Lipinski definition) is 4. The Morgan fingerprint density at radius 2 is 2.05 bits per heavy atom. The normalized spacial score (nSPS) is 18.2. The Kier molecular flexibility index (Phi) is 4.04. The van der Waals surface area contributed by atoms with Gasteiger partial charge in [0.05, 0.1) is 7.11 Å². The molecular weight excluding hydrogens is 280 g/mol. The molecule has 1 aromatic heterocycles. The van der Waals surface area contributed by atoms with Crippen LogP contribution in [-0.2, 0) is 9.53 Å². The summed E-state index contributed by atoms with van der Waals surface area (Å²) in [5, 5.41) is 1.77. The number of pyridine rings is 1. The van der Waals surface area contributed by atoms with Crippen molar-refractivity contribution in [3.05, 3.63) is 42.2 Å². The third kappa shape index (κ3) is 2.54. The zero-order valence-corrected chi connectivity index (χ0v) is 12.5. The summed E-state index contributed by atoms with van der Waals surface area (Å²) in [5.74, 6) is -0.555. The Morgan fingerprint density at radius 1 is 1.23 bits per heavy atom. The zero-order valence-electron chi connectivity index (χ0n) is 12.5. The summed E-state index contributed by atoms with van der Waals surface area (Å²) < 4.78 is 4.84. The molecule has 2 aromatic rings. The summed E-state index contributed by atoms with van der Waals surface area (Å²) in [7, 11) is 1.36. The molecule has 22 heavy (non-hydrogen) atoms. The molecule has 1 amide bonds. The largest absolute Gasteiger partial charge is 0.467 e. The monoisotopic (exact) mass is 298 g/mol. The third-order valence-electron chi connectivity index (χ3n) is 4.11. The van der Waals surface area contributed by atoms with Crippen molar-refractivity contribution in [1.29, 1.82) is 0 Å². The number of carbonyl (C=O) groups is 2. The van der Waals surface area contributed by atoms with Gasteiger partial charge in [0.15, 0.2) is 0 Å². The van der Waals surface area contributed by atoms with Crippen LogP contribution in [0.15, 0.2) is 36.5 Å². The molecule has 5 heteroatoms. The van der Waals surface area contributed by atoms with Gasteiger partial charge in [-0.3, -0.25) is 9.78 Å². The van der Waals surface area contributed by atoms with Crippen molar-refractivity contribution < 1.29 is 14.3 Å². The van der Waals surface area contributed by atoms with Gasteiger partial charge >= 0.3 is 5.97 Å². The van der Waals surface area contributed by atoms with Crippen LogP contribution in [0.3, 0.4) is 0 Å². The molecule has 0 radical (unpaired) electrons. The van der Waals surface area contributed by atoms with Crippen LogP contribution in [0, 0.1) is 0 Å². The molecule has 114 valence electrons. The summed E-state index contributed by atoms with van der Waals surface area (Å²) in [6, 6.07) is 9.00. The lowest BCUT2D eigenvalue weighted by Gasteiger charge is -2.33. The number of rotatable bonds is 2. The Bertz CT molecular complexity index is 709. The van der Waals surface area contributed by atoms with Crippen molar-refractivity contribution in [1.82, 2.24) is 9.88 Å². The fraction of sp³-hybridized carbons (Fsp3) is 0.353. The molecule has 1 fully saturated rings. The summed E-state index contributed by atoms with van der Waals surface area (Å²) in [6.07, 6.45) is 4.09. The van der Waals surface area contributed by atoms with Crippen LogP contribution >= 0.6 is 0 Å². The average molecular weight is 298 g/mol. The van der Waals surface area contributed by atoms with Gasteiger partial charge in [-0.05, 0) is 30.7 Å². The van der Waals surface area contributed by atoms with Gasteiger partial charge in [0.2, 0.25) is 0 Å². The molecule has 1 aliphatic rings. The highest BCUT2D eigenvalue weighted by Gasteiger charge is 2.34. The van der Waals surface area contributed by atoms with Gasteiger partial charge in [0.25, 0.3) is 5.91 Å². The van der Waals surface area contributed by atoms with Gasteiger partial charge in [-0.2, -0.15) is 0 Å². The summed E-state index contributed by atoms with van der Waals surface area (Å²) in [4.78, 5) is 30.7. The molecule has 0 N–H and O–H groups in total. The second-order valence-electron chi connectivity index (χ2n) is 5.41. The van der Waals surface area contributed by atoms with E-state index < -0.39 is 6.04 Å². The van der Waals surface area contributed by atoms with Gasteiger partial charge in [-0.25, -0.2) is 4.79 Å². The number of nitrogens with zero attached hydrogens (tertiary/aromatic N) is 2. The Morgan fingerprint density at radius 3 is 2.86 bits per heavy atom. The number of piperidine rings is 1. The van der Waals surface area contributed by atoms with Gasteiger partial charge in [-0.1, -0.05) is 24.3 Å². The Hall–Kier alpha value is -2.43. The minimum absolute atomic E-state index is 0.202. The summed E-state index contributed by atoms with van der Waals surface area (Å²) in [6.45, 7) is 0.559. The van der Waals surface area contributed by atoms with E-state index >= 15 is 0 Å². The van der Waals surface area contributed by atoms with Crippen molar-refractivity contribution >= 4 is 22.6 Å². The van der Waals surface area contributed by atoms with Crippen LogP contribution in [0.5, 0.6) is 0 Å². The van der Waals surface area contributed by atoms with Crippen molar-refractivity contribution in [2.75, 3.05) is 13.7 Å². The molecule has 0 aliphatic carbocycles. The van der Waals surface area contributed by atoms with Crippen molar-refractivity contribution in [2.24, 2.45) is 0 Å². The van der Waals surface area contributed by atoms with E-state index in [2.05, 4.69) is 4.98 Å². The lowest BCUT2D eigenvalue weighted by molar-refractivity contribution is -0.147. The van der Waals surface area contributed by atoms with Crippen LogP contribution in [0.25, 0.3) is 10.8 Å². The quantitative estimate of drug-likeness (QED) is 0.799. The van der Waals surface area contributed by atoms with Crippen molar-refractivity contribution in [3.63, 3.8) is 0 Å². The minimum atomic E-state index is -0.507. The Labute approximate surface area is 128 Å². The molecule has 3 rings (SSSR count). The number of ether oxygens (including phenoxy) is 1. The number of esters is 1. The smallest absolute Gasteiger partial charge is 0.328 e. The standard InChI is InChI=1S/C17H18N2O3/c1-22-17(21)14-8-4-5-11-19(14)16(20)15-13-7-3-2-6-12(13)9-10-18-15/h2-3,6-7,9-10,14H,4-5,8,11H2,1H3/t14-/m0/s1. The zero-order chi connectivity index (χ0) is 15.5. The van der Waals surface area contributed by atoms with Crippen LogP contribution < -0.4 is 0 Å². The highest BCUT2D eigenvalue weighted by molar-refractivity contribution is 6.06. The maximum atomic E-state index is 12.9. The number of likely N-dealkylation sites (tertiary alicyclic amines) is 1. The van der Waals surface area contributed by atoms with Crippen LogP contribution in [0.1, 0.15) is 29.8 Å². The van der Waals surface area contributed by atoms with Gasteiger partial charge in [0, 0.05) is 18.1 Å². The highest BCUT2D eigenvalue weighted by atomic mass is 16.5. The molecule has 1 saturated heterocycles. The van der Waals surface area contributed by atoms with E-state index in [1.807, 2.05) is 30.3 Å². The first kappa shape index (κ1) is 14.5. The molecule has 1 atom stereocenters. The molecule has 0 saturated carbocycles. The summed E-state index contributed by atoms with van der Waals surface area (Å²) >= 11 is 0. The average Bonchev–Trinajstić information content (AvgIpc) is 2.60. The van der Waals surface area contributed by atoms with E-state index in [4.69, 9.17) is 4.74 Å². The third-order valence-corrected chi connectivity index (χ3v) is 4.11. The van der Waals surface area contributed by atoms with E-state index in [0.29, 0.717) is 18.7 Å². The lowest BCUT2D eigenvalue weighted by atomic mass is 10.0.